The van der Waals surface area contributed by atoms with E-state index in [1.165, 1.54) is 57.8 Å². The monoisotopic (exact) mass is 293 g/mol. The summed E-state index contributed by atoms with van der Waals surface area (Å²) in [5.41, 5.74) is 8.26. The minimum absolute atomic E-state index is 0.0111. The molecule has 0 amide bonds. The van der Waals surface area contributed by atoms with Crippen LogP contribution in [-0.2, 0) is 0 Å². The van der Waals surface area contributed by atoms with Crippen LogP contribution in [0.5, 0.6) is 0 Å². The van der Waals surface area contributed by atoms with Crippen molar-refractivity contribution in [3.05, 3.63) is 11.6 Å². The number of rotatable bonds is 8. The lowest BCUT2D eigenvalue weighted by Gasteiger charge is -2.33. The molecule has 1 nitrogen and oxygen atoms in total. The normalized spacial score (nSPS) is 24.3. The molecule has 0 aliphatic heterocycles. The molecule has 0 spiro atoms. The second-order valence-corrected chi connectivity index (χ2v) is 8.20. The fourth-order valence-electron chi connectivity index (χ4n) is 3.55. The molecule has 0 radical (unpaired) electrons. The molecule has 3 unspecified atom stereocenters. The molecule has 0 fully saturated rings. The van der Waals surface area contributed by atoms with Crippen molar-refractivity contribution in [2.45, 2.75) is 97.9 Å². The second kappa shape index (κ2) is 8.98. The van der Waals surface area contributed by atoms with Gasteiger partial charge in [0.2, 0.25) is 0 Å². The molecule has 0 saturated carbocycles. The Morgan fingerprint density at radius 1 is 1.24 bits per heavy atom. The Morgan fingerprint density at radius 2 is 1.95 bits per heavy atom. The van der Waals surface area contributed by atoms with Crippen LogP contribution in [0.4, 0.5) is 0 Å². The minimum Gasteiger partial charge on any atom is -0.325 e. The van der Waals surface area contributed by atoms with Crippen LogP contribution in [0.3, 0.4) is 0 Å². The standard InChI is InChI=1S/C20H39N/c1-16(2)10-9-15-20(5,21)18(4)13-14-19-12-8-6-7-11-17(19)3/h11,16,18-19H,6-10,12-15,21H2,1-5H3. The molecule has 0 heterocycles. The molecule has 2 N–H and O–H groups in total. The lowest BCUT2D eigenvalue weighted by molar-refractivity contribution is 0.254. The number of nitrogens with two attached hydrogens (primary N) is 1. The van der Waals surface area contributed by atoms with Crippen LogP contribution in [0.25, 0.3) is 0 Å². The van der Waals surface area contributed by atoms with Gasteiger partial charge >= 0.3 is 0 Å². The maximum atomic E-state index is 6.61. The molecule has 1 heteroatoms. The van der Waals surface area contributed by atoms with Crippen molar-refractivity contribution in [3.63, 3.8) is 0 Å². The third-order valence-electron chi connectivity index (χ3n) is 5.69. The van der Waals surface area contributed by atoms with E-state index >= 15 is 0 Å². The van der Waals surface area contributed by atoms with Crippen LogP contribution in [-0.4, -0.2) is 5.54 Å². The summed E-state index contributed by atoms with van der Waals surface area (Å²) in [6.45, 7) is 11.6. The van der Waals surface area contributed by atoms with Gasteiger partial charge in [-0.2, -0.15) is 0 Å². The van der Waals surface area contributed by atoms with Gasteiger partial charge in [-0.1, -0.05) is 51.7 Å². The maximum Gasteiger partial charge on any atom is 0.0151 e. The summed E-state index contributed by atoms with van der Waals surface area (Å²) in [5.74, 6) is 2.25. The largest absolute Gasteiger partial charge is 0.325 e. The molecule has 1 aliphatic carbocycles. The van der Waals surface area contributed by atoms with E-state index in [4.69, 9.17) is 5.73 Å². The van der Waals surface area contributed by atoms with Crippen LogP contribution >= 0.6 is 0 Å². The fraction of sp³-hybridized carbons (Fsp3) is 0.900. The first kappa shape index (κ1) is 18.7. The van der Waals surface area contributed by atoms with E-state index in [2.05, 4.69) is 40.7 Å². The smallest absolute Gasteiger partial charge is 0.0151 e. The summed E-state index contributed by atoms with van der Waals surface area (Å²) in [5, 5.41) is 0. The third kappa shape index (κ3) is 7.00. The molecule has 1 rings (SSSR count). The van der Waals surface area contributed by atoms with Crippen molar-refractivity contribution < 1.29 is 0 Å². The zero-order chi connectivity index (χ0) is 15.9. The van der Waals surface area contributed by atoms with E-state index in [0.29, 0.717) is 5.92 Å². The SMILES string of the molecule is CC1=CCCCCC1CCC(C)C(C)(N)CCCC(C)C. The molecular weight excluding hydrogens is 254 g/mol. The summed E-state index contributed by atoms with van der Waals surface area (Å²) in [4.78, 5) is 0. The van der Waals surface area contributed by atoms with E-state index in [-0.39, 0.29) is 5.54 Å². The average Bonchev–Trinajstić information content (AvgIpc) is 2.60. The fourth-order valence-corrected chi connectivity index (χ4v) is 3.55. The molecule has 0 aromatic carbocycles. The van der Waals surface area contributed by atoms with Crippen molar-refractivity contribution in [1.82, 2.24) is 0 Å². The highest BCUT2D eigenvalue weighted by Crippen LogP contribution is 2.32. The predicted octanol–water partition coefficient (Wildman–Crippen LogP) is 6.08. The molecular formula is C20H39N. The molecule has 0 aromatic rings. The summed E-state index contributed by atoms with van der Waals surface area (Å²) >= 11 is 0. The molecule has 1 aliphatic rings. The Bertz CT molecular complexity index is 314. The topological polar surface area (TPSA) is 26.0 Å². The van der Waals surface area contributed by atoms with Crippen molar-refractivity contribution >= 4 is 0 Å². The lowest BCUT2D eigenvalue weighted by atomic mass is 9.78. The number of hydrogen-bond acceptors (Lipinski definition) is 1. The van der Waals surface area contributed by atoms with Crippen molar-refractivity contribution in [2.24, 2.45) is 23.5 Å². The van der Waals surface area contributed by atoms with E-state index in [1.54, 1.807) is 5.57 Å². The highest BCUT2D eigenvalue weighted by Gasteiger charge is 2.27. The van der Waals surface area contributed by atoms with E-state index < -0.39 is 0 Å². The summed E-state index contributed by atoms with van der Waals surface area (Å²) in [6.07, 6.45) is 14.3. The van der Waals surface area contributed by atoms with Gasteiger partial charge in [-0.25, -0.2) is 0 Å². The second-order valence-electron chi connectivity index (χ2n) is 8.20. The first-order valence-corrected chi connectivity index (χ1v) is 9.28. The molecule has 3 atom stereocenters. The van der Waals surface area contributed by atoms with Crippen LogP contribution in [0.15, 0.2) is 11.6 Å². The lowest BCUT2D eigenvalue weighted by Crippen LogP contribution is -2.43. The summed E-state index contributed by atoms with van der Waals surface area (Å²) in [6, 6.07) is 0. The Kier molecular flexibility index (Phi) is 8.02. The summed E-state index contributed by atoms with van der Waals surface area (Å²) < 4.78 is 0. The molecule has 0 saturated heterocycles. The zero-order valence-corrected chi connectivity index (χ0v) is 15.3. The quantitative estimate of drug-likeness (QED) is 0.539. The Hall–Kier alpha value is -0.300. The Labute approximate surface area is 133 Å². The van der Waals surface area contributed by atoms with Crippen LogP contribution in [0.1, 0.15) is 92.4 Å². The molecule has 0 aromatic heterocycles. The maximum absolute atomic E-state index is 6.61. The Balaban J connectivity index is 2.38. The Morgan fingerprint density at radius 3 is 2.62 bits per heavy atom. The predicted molar refractivity (Wildman–Crippen MR) is 95.4 cm³/mol. The van der Waals surface area contributed by atoms with Gasteiger partial charge in [-0.3, -0.25) is 0 Å². The van der Waals surface area contributed by atoms with Crippen molar-refractivity contribution in [2.75, 3.05) is 0 Å². The van der Waals surface area contributed by atoms with E-state index in [1.807, 2.05) is 0 Å². The van der Waals surface area contributed by atoms with Crippen LogP contribution in [0, 0.1) is 17.8 Å². The van der Waals surface area contributed by atoms with Gasteiger partial charge in [0.1, 0.15) is 0 Å². The first-order chi connectivity index (χ1) is 9.83. The zero-order valence-electron chi connectivity index (χ0n) is 15.3. The van der Waals surface area contributed by atoms with Crippen LogP contribution in [0.2, 0.25) is 0 Å². The number of hydrogen-bond donors (Lipinski definition) is 1. The molecule has 0 bridgehead atoms. The molecule has 124 valence electrons. The van der Waals surface area contributed by atoms with Crippen LogP contribution < -0.4 is 5.73 Å². The minimum atomic E-state index is 0.0111. The van der Waals surface area contributed by atoms with Gasteiger partial charge < -0.3 is 5.73 Å². The highest BCUT2D eigenvalue weighted by molar-refractivity contribution is 5.05. The van der Waals surface area contributed by atoms with Gasteiger partial charge in [0.15, 0.2) is 0 Å². The van der Waals surface area contributed by atoms with E-state index in [9.17, 15) is 0 Å². The van der Waals surface area contributed by atoms with Crippen molar-refractivity contribution in [1.29, 1.82) is 0 Å². The van der Waals surface area contributed by atoms with Gasteiger partial charge in [0.25, 0.3) is 0 Å². The van der Waals surface area contributed by atoms with Gasteiger partial charge in [0.05, 0.1) is 0 Å². The van der Waals surface area contributed by atoms with Gasteiger partial charge in [-0.05, 0) is 70.1 Å². The highest BCUT2D eigenvalue weighted by atomic mass is 14.7. The first-order valence-electron chi connectivity index (χ1n) is 9.28. The molecule has 21 heavy (non-hydrogen) atoms. The average molecular weight is 294 g/mol. The van der Waals surface area contributed by atoms with Gasteiger partial charge in [0, 0.05) is 5.54 Å². The number of allylic oxidation sites excluding steroid dienone is 2. The van der Waals surface area contributed by atoms with Gasteiger partial charge in [-0.15, -0.1) is 0 Å². The third-order valence-corrected chi connectivity index (χ3v) is 5.69. The van der Waals surface area contributed by atoms with E-state index in [0.717, 1.165) is 11.8 Å². The van der Waals surface area contributed by atoms with Crippen molar-refractivity contribution in [3.8, 4) is 0 Å². The summed E-state index contributed by atoms with van der Waals surface area (Å²) in [7, 11) is 0.